The predicted molar refractivity (Wildman–Crippen MR) is 73.2 cm³/mol. The lowest BCUT2D eigenvalue weighted by Crippen LogP contribution is -1.99. The molecule has 0 aromatic heterocycles. The molecule has 2 aromatic carbocycles. The molecule has 113 valence electrons. The van der Waals surface area contributed by atoms with E-state index in [0.29, 0.717) is 5.56 Å². The normalized spacial score (nSPS) is 10.5. The molecule has 2 rings (SSSR count). The molecule has 0 N–H and O–H groups in total. The summed E-state index contributed by atoms with van der Waals surface area (Å²) in [5.74, 6) is -1.46. The average Bonchev–Trinajstić information content (AvgIpc) is 2.45. The van der Waals surface area contributed by atoms with Gasteiger partial charge in [0, 0.05) is 18.2 Å². The predicted octanol–water partition coefficient (Wildman–Crippen LogP) is 3.58. The van der Waals surface area contributed by atoms with E-state index >= 15 is 0 Å². The zero-order chi connectivity index (χ0) is 16.3. The van der Waals surface area contributed by atoms with Crippen LogP contribution < -0.4 is 0 Å². The van der Waals surface area contributed by atoms with E-state index in [-0.39, 0.29) is 12.0 Å². The maximum Gasteiger partial charge on any atom is 0.346 e. The van der Waals surface area contributed by atoms with Crippen LogP contribution in [0.4, 0.5) is 20.2 Å². The number of nitro benzene ring substituents is 2. The van der Waals surface area contributed by atoms with Gasteiger partial charge in [0.05, 0.1) is 9.85 Å². The molecule has 8 heteroatoms. The van der Waals surface area contributed by atoms with Gasteiger partial charge >= 0.3 is 11.4 Å². The van der Waals surface area contributed by atoms with Gasteiger partial charge < -0.3 is 0 Å². The number of hydrogen-bond acceptors (Lipinski definition) is 4. The van der Waals surface area contributed by atoms with E-state index in [1.54, 1.807) is 0 Å². The molecule has 0 saturated heterocycles. The summed E-state index contributed by atoms with van der Waals surface area (Å²) < 4.78 is 26.2. The molecule has 0 aliphatic rings. The van der Waals surface area contributed by atoms with E-state index in [4.69, 9.17) is 0 Å². The third-order valence-electron chi connectivity index (χ3n) is 2.95. The fraction of sp³-hybridized carbons (Fsp3) is 0.0714. The molecule has 6 nitrogen and oxygen atoms in total. The van der Waals surface area contributed by atoms with Crippen molar-refractivity contribution < 1.29 is 18.6 Å². The summed E-state index contributed by atoms with van der Waals surface area (Å²) in [7, 11) is 0. The largest absolute Gasteiger partial charge is 0.346 e. The molecule has 22 heavy (non-hydrogen) atoms. The lowest BCUT2D eigenvalue weighted by atomic mass is 10.0. The van der Waals surface area contributed by atoms with Crippen molar-refractivity contribution >= 4 is 11.4 Å². The molecule has 0 fully saturated rings. The van der Waals surface area contributed by atoms with Crippen LogP contribution >= 0.6 is 0 Å². The van der Waals surface area contributed by atoms with Crippen LogP contribution in [0.25, 0.3) is 0 Å². The molecule has 0 heterocycles. The Bertz CT molecular complexity index is 750. The van der Waals surface area contributed by atoms with Gasteiger partial charge in [-0.25, -0.2) is 8.78 Å². The molecule has 1 radical (unpaired) electrons. The fourth-order valence-corrected chi connectivity index (χ4v) is 1.89. The second kappa shape index (κ2) is 6.25. The first kappa shape index (κ1) is 15.5. The molecule has 0 spiro atoms. The van der Waals surface area contributed by atoms with E-state index < -0.39 is 32.9 Å². The molecule has 0 atom stereocenters. The van der Waals surface area contributed by atoms with Crippen molar-refractivity contribution in [1.82, 2.24) is 0 Å². The highest BCUT2D eigenvalue weighted by Gasteiger charge is 2.23. The summed E-state index contributed by atoms with van der Waals surface area (Å²) in [4.78, 5) is 19.8. The smallest absolute Gasteiger partial charge is 0.258 e. The Kier molecular flexibility index (Phi) is 4.40. The van der Waals surface area contributed by atoms with Gasteiger partial charge in [-0.05, 0) is 30.0 Å². The van der Waals surface area contributed by atoms with Gasteiger partial charge in [-0.1, -0.05) is 12.1 Å². The molecule has 0 aliphatic heterocycles. The highest BCUT2D eigenvalue weighted by molar-refractivity contribution is 5.54. The minimum atomic E-state index is -0.847. The third kappa shape index (κ3) is 3.40. The van der Waals surface area contributed by atoms with Crippen LogP contribution in [-0.4, -0.2) is 9.85 Å². The Balaban J connectivity index is 2.21. The Morgan fingerprint density at radius 3 is 2.23 bits per heavy atom. The quantitative estimate of drug-likeness (QED) is 0.624. The minimum absolute atomic E-state index is 0.112. The van der Waals surface area contributed by atoms with Crippen molar-refractivity contribution in [2.45, 2.75) is 6.42 Å². The second-order valence-electron chi connectivity index (χ2n) is 4.41. The summed E-state index contributed by atoms with van der Waals surface area (Å²) in [5, 5.41) is 21.5. The van der Waals surface area contributed by atoms with Gasteiger partial charge in [0.15, 0.2) is 0 Å². The lowest BCUT2D eigenvalue weighted by molar-refractivity contribution is -0.422. The van der Waals surface area contributed by atoms with Crippen LogP contribution in [0, 0.1) is 38.3 Å². The van der Waals surface area contributed by atoms with E-state index in [9.17, 15) is 29.0 Å². The van der Waals surface area contributed by atoms with Gasteiger partial charge in [-0.15, -0.1) is 0 Å². The standard InChI is InChI=1S/C14H9F2N2O4/c15-11-5-4-10(12(16)8-11)3-1-9-2-6-13(17(19)20)14(7-9)18(21)22/h2-8H,1H2. The third-order valence-corrected chi connectivity index (χ3v) is 2.95. The minimum Gasteiger partial charge on any atom is -0.258 e. The average molecular weight is 307 g/mol. The lowest BCUT2D eigenvalue weighted by Gasteiger charge is -2.04. The summed E-state index contributed by atoms with van der Waals surface area (Å²) >= 11 is 0. The van der Waals surface area contributed by atoms with E-state index in [1.807, 2.05) is 0 Å². The van der Waals surface area contributed by atoms with Crippen LogP contribution in [0.5, 0.6) is 0 Å². The van der Waals surface area contributed by atoms with Crippen molar-refractivity contribution in [2.75, 3.05) is 0 Å². The molecule has 0 bridgehead atoms. The number of rotatable bonds is 5. The molecule has 0 unspecified atom stereocenters. The van der Waals surface area contributed by atoms with Crippen molar-refractivity contribution in [3.05, 3.63) is 85.8 Å². The van der Waals surface area contributed by atoms with Gasteiger partial charge in [-0.3, -0.25) is 20.2 Å². The SMILES string of the molecule is O=[N+]([O-])c1ccc(C[CH]c2ccc(F)cc2F)cc1[N+](=O)[O-]. The first-order valence-electron chi connectivity index (χ1n) is 6.08. The van der Waals surface area contributed by atoms with Crippen molar-refractivity contribution in [3.63, 3.8) is 0 Å². The second-order valence-corrected chi connectivity index (χ2v) is 4.41. The molecular formula is C14H9F2N2O4. The topological polar surface area (TPSA) is 86.3 Å². The molecule has 0 saturated carbocycles. The van der Waals surface area contributed by atoms with Crippen LogP contribution in [0.15, 0.2) is 36.4 Å². The van der Waals surface area contributed by atoms with Crippen molar-refractivity contribution in [1.29, 1.82) is 0 Å². The van der Waals surface area contributed by atoms with Crippen molar-refractivity contribution in [2.24, 2.45) is 0 Å². The van der Waals surface area contributed by atoms with Gasteiger partial charge in [0.25, 0.3) is 0 Å². The summed E-state index contributed by atoms with van der Waals surface area (Å²) in [6.07, 6.45) is 1.53. The fourth-order valence-electron chi connectivity index (χ4n) is 1.89. The number of hydrogen-bond donors (Lipinski definition) is 0. The van der Waals surface area contributed by atoms with E-state index in [1.165, 1.54) is 18.6 Å². The van der Waals surface area contributed by atoms with Crippen LogP contribution in [0.2, 0.25) is 0 Å². The first-order valence-corrected chi connectivity index (χ1v) is 6.08. The summed E-state index contributed by atoms with van der Waals surface area (Å²) in [6, 6.07) is 6.50. The highest BCUT2D eigenvalue weighted by Crippen LogP contribution is 2.28. The maximum absolute atomic E-state index is 13.5. The van der Waals surface area contributed by atoms with Crippen molar-refractivity contribution in [3.8, 4) is 0 Å². The monoisotopic (exact) mass is 307 g/mol. The zero-order valence-electron chi connectivity index (χ0n) is 11.0. The summed E-state index contributed by atoms with van der Waals surface area (Å²) in [5.41, 5.74) is -0.694. The van der Waals surface area contributed by atoms with Gasteiger partial charge in [0.2, 0.25) is 0 Å². The number of nitrogens with zero attached hydrogens (tertiary/aromatic N) is 2. The highest BCUT2D eigenvalue weighted by atomic mass is 19.1. The Morgan fingerprint density at radius 2 is 1.64 bits per heavy atom. The molecule has 2 aromatic rings. The van der Waals surface area contributed by atoms with Crippen LogP contribution in [0.1, 0.15) is 11.1 Å². The molecule has 0 amide bonds. The van der Waals surface area contributed by atoms with Gasteiger partial charge in [-0.2, -0.15) is 0 Å². The Hall–Kier alpha value is -2.90. The van der Waals surface area contributed by atoms with E-state index in [0.717, 1.165) is 24.3 Å². The summed E-state index contributed by atoms with van der Waals surface area (Å²) in [6.45, 7) is 0. The van der Waals surface area contributed by atoms with Gasteiger partial charge in [0.1, 0.15) is 11.6 Å². The first-order chi connectivity index (χ1) is 10.4. The van der Waals surface area contributed by atoms with E-state index in [2.05, 4.69) is 0 Å². The Morgan fingerprint density at radius 1 is 0.955 bits per heavy atom. The number of nitro groups is 2. The molecule has 0 aliphatic carbocycles. The molecular weight excluding hydrogens is 298 g/mol. The Labute approximate surface area is 123 Å². The van der Waals surface area contributed by atoms with Crippen LogP contribution in [0.3, 0.4) is 0 Å². The zero-order valence-corrected chi connectivity index (χ0v) is 11.0. The van der Waals surface area contributed by atoms with Crippen LogP contribution in [-0.2, 0) is 6.42 Å². The number of benzene rings is 2. The maximum atomic E-state index is 13.5. The number of halogens is 2.